The second kappa shape index (κ2) is 20.5. The molecule has 0 aromatic heterocycles. The van der Waals surface area contributed by atoms with E-state index in [0.717, 1.165) is 32.1 Å². The van der Waals surface area contributed by atoms with Crippen LogP contribution in [0.5, 0.6) is 0 Å². The number of esters is 2. The van der Waals surface area contributed by atoms with Crippen LogP contribution >= 0.6 is 0 Å². The maximum absolute atomic E-state index is 12.1. The zero-order valence-corrected chi connectivity index (χ0v) is 26.6. The molecule has 238 valence electrons. The molecule has 1 saturated heterocycles. The maximum atomic E-state index is 12.1. The summed E-state index contributed by atoms with van der Waals surface area (Å²) in [6, 6.07) is 8.97. The molecule has 10 nitrogen and oxygen atoms in total. The van der Waals surface area contributed by atoms with Crippen LogP contribution in [-0.2, 0) is 23.7 Å². The SMILES string of the molecule is CC(C)(C)OC(=O)NC(=O)OC(C)(C)C.CC/C=C/CO.CC1CC(OC(=O)c2ccccc2)CCCCCC(=O)O1. The van der Waals surface area contributed by atoms with Crippen molar-refractivity contribution in [2.24, 2.45) is 0 Å². The van der Waals surface area contributed by atoms with Crippen molar-refractivity contribution >= 4 is 24.1 Å². The van der Waals surface area contributed by atoms with Gasteiger partial charge in [-0.2, -0.15) is 0 Å². The average Bonchev–Trinajstić information content (AvgIpc) is 2.85. The number of rotatable bonds is 4. The van der Waals surface area contributed by atoms with E-state index < -0.39 is 23.4 Å². The Morgan fingerprint density at radius 1 is 0.952 bits per heavy atom. The fourth-order valence-electron chi connectivity index (χ4n) is 3.47. The minimum atomic E-state index is -0.809. The maximum Gasteiger partial charge on any atom is 0.417 e. The molecular formula is C32H51NO9. The number of imide groups is 1. The molecular weight excluding hydrogens is 542 g/mol. The molecule has 2 atom stereocenters. The van der Waals surface area contributed by atoms with Crippen molar-refractivity contribution in [3.63, 3.8) is 0 Å². The summed E-state index contributed by atoms with van der Waals surface area (Å²) in [5, 5.41) is 10.1. The van der Waals surface area contributed by atoms with Crippen LogP contribution in [0.25, 0.3) is 0 Å². The van der Waals surface area contributed by atoms with Gasteiger partial charge in [-0.05, 0) is 86.3 Å². The Balaban J connectivity index is 0.000000699. The van der Waals surface area contributed by atoms with Crippen molar-refractivity contribution < 1.29 is 43.2 Å². The lowest BCUT2D eigenvalue weighted by molar-refractivity contribution is -0.150. The molecule has 42 heavy (non-hydrogen) atoms. The molecule has 0 bridgehead atoms. The molecule has 1 aliphatic heterocycles. The number of aliphatic hydroxyl groups excluding tert-OH is 1. The number of nitrogens with one attached hydrogen (secondary N) is 1. The molecule has 1 heterocycles. The first kappa shape index (κ1) is 38.6. The number of allylic oxidation sites excluding steroid dienone is 1. The van der Waals surface area contributed by atoms with Gasteiger partial charge in [0.05, 0.1) is 12.2 Å². The van der Waals surface area contributed by atoms with Crippen molar-refractivity contribution in [3.05, 3.63) is 48.0 Å². The van der Waals surface area contributed by atoms with Crippen LogP contribution in [0.4, 0.5) is 9.59 Å². The summed E-state index contributed by atoms with van der Waals surface area (Å²) in [5.74, 6) is -0.464. The van der Waals surface area contributed by atoms with E-state index in [0.29, 0.717) is 18.4 Å². The Kier molecular flexibility index (Phi) is 18.8. The van der Waals surface area contributed by atoms with E-state index >= 15 is 0 Å². The summed E-state index contributed by atoms with van der Waals surface area (Å²) in [6.07, 6.45) is 7.28. The molecule has 0 spiro atoms. The highest BCUT2D eigenvalue weighted by molar-refractivity contribution is 5.89. The van der Waals surface area contributed by atoms with Crippen LogP contribution in [0, 0.1) is 0 Å². The smallest absolute Gasteiger partial charge is 0.417 e. The monoisotopic (exact) mass is 593 g/mol. The first-order valence-corrected chi connectivity index (χ1v) is 14.5. The predicted octanol–water partition coefficient (Wildman–Crippen LogP) is 6.89. The number of aliphatic hydroxyl groups is 1. The minimum Gasteiger partial charge on any atom is -0.463 e. The van der Waals surface area contributed by atoms with Gasteiger partial charge in [-0.3, -0.25) is 4.79 Å². The number of hydrogen-bond acceptors (Lipinski definition) is 9. The third-order valence-electron chi connectivity index (χ3n) is 5.13. The zero-order chi connectivity index (χ0) is 32.2. The van der Waals surface area contributed by atoms with Crippen LogP contribution < -0.4 is 5.32 Å². The summed E-state index contributed by atoms with van der Waals surface area (Å²) < 4.78 is 20.6. The van der Waals surface area contributed by atoms with Crippen LogP contribution in [0.3, 0.4) is 0 Å². The fourth-order valence-corrected chi connectivity index (χ4v) is 3.47. The van der Waals surface area contributed by atoms with Gasteiger partial charge in [-0.15, -0.1) is 0 Å². The van der Waals surface area contributed by atoms with E-state index in [1.54, 1.807) is 59.8 Å². The van der Waals surface area contributed by atoms with Gasteiger partial charge in [0.1, 0.15) is 23.4 Å². The number of ether oxygens (including phenoxy) is 4. The standard InChI is InChI=1S/C17H22O4.C10H19NO4.C5H10O/c1-13-12-15(10-6-3-7-11-16(18)20-13)21-17(19)14-8-4-2-5-9-14;1-9(2,3)14-7(12)11-8(13)15-10(4,5)6;1-2-3-4-5-6/h2,4-5,8-9,13,15H,3,6-7,10-12H2,1H3;1-6H3,(H,11,12,13);3-4,6H,2,5H2,1H3/b;;4-3+. The van der Waals surface area contributed by atoms with Gasteiger partial charge in [-0.25, -0.2) is 19.7 Å². The molecule has 2 amide bonds. The fraction of sp³-hybridized carbons (Fsp3) is 0.625. The Labute approximate surface area is 251 Å². The summed E-state index contributed by atoms with van der Waals surface area (Å²) in [5.41, 5.74) is -0.711. The van der Waals surface area contributed by atoms with Crippen LogP contribution in [0.15, 0.2) is 42.5 Å². The van der Waals surface area contributed by atoms with Gasteiger partial charge < -0.3 is 24.1 Å². The third kappa shape index (κ3) is 22.3. The van der Waals surface area contributed by atoms with Crippen LogP contribution in [0.2, 0.25) is 0 Å². The van der Waals surface area contributed by atoms with E-state index in [4.69, 9.17) is 24.1 Å². The molecule has 1 aliphatic rings. The van der Waals surface area contributed by atoms with Gasteiger partial charge in [0.15, 0.2) is 0 Å². The highest BCUT2D eigenvalue weighted by atomic mass is 16.6. The minimum absolute atomic E-state index is 0.155. The predicted molar refractivity (Wildman–Crippen MR) is 161 cm³/mol. The average molecular weight is 594 g/mol. The molecule has 1 aromatic carbocycles. The number of cyclic esters (lactones) is 1. The Bertz CT molecular complexity index is 930. The molecule has 2 N–H and O–H groups in total. The summed E-state index contributed by atoms with van der Waals surface area (Å²) in [6.45, 7) is 14.3. The molecule has 2 unspecified atom stereocenters. The summed E-state index contributed by atoms with van der Waals surface area (Å²) in [4.78, 5) is 45.9. The molecule has 0 aliphatic carbocycles. The number of carbonyl (C=O) groups is 4. The van der Waals surface area contributed by atoms with Gasteiger partial charge in [-0.1, -0.05) is 43.7 Å². The summed E-state index contributed by atoms with van der Waals surface area (Å²) in [7, 11) is 0. The lowest BCUT2D eigenvalue weighted by Crippen LogP contribution is -2.39. The van der Waals surface area contributed by atoms with Crippen molar-refractivity contribution in [2.75, 3.05) is 6.61 Å². The first-order chi connectivity index (χ1) is 19.6. The summed E-state index contributed by atoms with van der Waals surface area (Å²) >= 11 is 0. The zero-order valence-electron chi connectivity index (χ0n) is 26.6. The van der Waals surface area contributed by atoms with Gasteiger partial charge >= 0.3 is 24.1 Å². The topological polar surface area (TPSA) is 137 Å². The van der Waals surface area contributed by atoms with E-state index in [1.807, 2.05) is 43.4 Å². The molecule has 1 aromatic rings. The van der Waals surface area contributed by atoms with Gasteiger partial charge in [0.25, 0.3) is 0 Å². The number of alkyl carbamates (subject to hydrolysis) is 2. The normalized spacial score (nSPS) is 17.7. The highest BCUT2D eigenvalue weighted by Crippen LogP contribution is 2.19. The number of benzene rings is 1. The first-order valence-electron chi connectivity index (χ1n) is 14.5. The number of carbonyl (C=O) groups excluding carboxylic acids is 4. The molecule has 10 heteroatoms. The number of amides is 2. The molecule has 1 fully saturated rings. The van der Waals surface area contributed by atoms with E-state index in [1.165, 1.54) is 0 Å². The van der Waals surface area contributed by atoms with E-state index in [2.05, 4.69) is 0 Å². The second-order valence-electron chi connectivity index (χ2n) is 11.7. The lowest BCUT2D eigenvalue weighted by Gasteiger charge is -2.23. The van der Waals surface area contributed by atoms with Crippen LogP contribution in [-0.4, -0.2) is 59.2 Å². The van der Waals surface area contributed by atoms with Crippen LogP contribution in [0.1, 0.15) is 111 Å². The highest BCUT2D eigenvalue weighted by Gasteiger charge is 2.23. The quantitative estimate of drug-likeness (QED) is 0.217. The molecule has 2 rings (SSSR count). The molecule has 0 saturated carbocycles. The second-order valence-corrected chi connectivity index (χ2v) is 11.7. The van der Waals surface area contributed by atoms with Gasteiger partial charge in [0, 0.05) is 12.8 Å². The van der Waals surface area contributed by atoms with E-state index in [-0.39, 0.29) is 30.8 Å². The van der Waals surface area contributed by atoms with Gasteiger partial charge in [0.2, 0.25) is 0 Å². The lowest BCUT2D eigenvalue weighted by atomic mass is 10.0. The third-order valence-corrected chi connectivity index (χ3v) is 5.13. The van der Waals surface area contributed by atoms with E-state index in [9.17, 15) is 19.2 Å². The van der Waals surface area contributed by atoms with Crippen molar-refractivity contribution in [3.8, 4) is 0 Å². The van der Waals surface area contributed by atoms with Crippen molar-refractivity contribution in [2.45, 2.75) is 124 Å². The molecule has 0 radical (unpaired) electrons. The van der Waals surface area contributed by atoms with Crippen molar-refractivity contribution in [1.29, 1.82) is 0 Å². The Morgan fingerprint density at radius 2 is 1.52 bits per heavy atom. The number of hydrogen-bond donors (Lipinski definition) is 2. The largest absolute Gasteiger partial charge is 0.463 e. The Hall–Kier alpha value is -3.40. The Morgan fingerprint density at radius 3 is 2.00 bits per heavy atom. The van der Waals surface area contributed by atoms with Crippen molar-refractivity contribution in [1.82, 2.24) is 5.32 Å².